The molecular weight excluding hydrogens is 660 g/mol. The summed E-state index contributed by atoms with van der Waals surface area (Å²) in [6.07, 6.45) is 8.07. The molecule has 4 unspecified atom stereocenters. The van der Waals surface area contributed by atoms with Crippen LogP contribution in [0.4, 0.5) is 4.79 Å². The van der Waals surface area contributed by atoms with E-state index in [1.54, 1.807) is 18.7 Å². The molecule has 290 valence electrons. The van der Waals surface area contributed by atoms with Crippen molar-refractivity contribution in [1.82, 2.24) is 10.2 Å². The molecule has 5 fully saturated rings. The van der Waals surface area contributed by atoms with Crippen molar-refractivity contribution >= 4 is 29.7 Å². The third-order valence-electron chi connectivity index (χ3n) is 15.9. The number of ether oxygens (including phenoxy) is 2. The van der Waals surface area contributed by atoms with E-state index in [1.165, 1.54) is 0 Å². The van der Waals surface area contributed by atoms with E-state index in [-0.39, 0.29) is 70.7 Å². The predicted molar refractivity (Wildman–Crippen MR) is 196 cm³/mol. The maximum atomic E-state index is 13.9. The number of ketones is 1. The van der Waals surface area contributed by atoms with Gasteiger partial charge in [0.15, 0.2) is 5.78 Å². The van der Waals surface area contributed by atoms with Crippen LogP contribution in [0.1, 0.15) is 139 Å². The van der Waals surface area contributed by atoms with Gasteiger partial charge in [0.25, 0.3) is 0 Å². The largest absolute Gasteiger partial charge is 0.481 e. The number of amides is 2. The van der Waals surface area contributed by atoms with E-state index in [0.29, 0.717) is 37.8 Å². The number of esters is 1. The Hall–Kier alpha value is -2.91. The molecule has 10 heteroatoms. The Morgan fingerprint density at radius 2 is 1.65 bits per heavy atom. The lowest BCUT2D eigenvalue weighted by Crippen LogP contribution is -2.67. The van der Waals surface area contributed by atoms with E-state index in [9.17, 15) is 29.1 Å². The molecule has 1 aliphatic heterocycles. The van der Waals surface area contributed by atoms with Gasteiger partial charge in [0.2, 0.25) is 5.91 Å². The molecule has 52 heavy (non-hydrogen) atoms. The van der Waals surface area contributed by atoms with Crippen LogP contribution < -0.4 is 5.32 Å². The van der Waals surface area contributed by atoms with Gasteiger partial charge in [-0.2, -0.15) is 0 Å². The van der Waals surface area contributed by atoms with E-state index in [2.05, 4.69) is 53.8 Å². The zero-order valence-corrected chi connectivity index (χ0v) is 33.2. The number of hydrogen-bond acceptors (Lipinski definition) is 7. The molecule has 0 spiro atoms. The van der Waals surface area contributed by atoms with Crippen LogP contribution in [0.5, 0.6) is 0 Å². The summed E-state index contributed by atoms with van der Waals surface area (Å²) in [6.45, 7) is 20.5. The number of carbonyl (C=O) groups is 5. The average Bonchev–Trinajstić information content (AvgIpc) is 3.57. The number of Topliss-reactive ketones (excluding diaryl/α,β-unsaturated/α-hetero) is 1. The highest BCUT2D eigenvalue weighted by atomic mass is 16.6. The van der Waals surface area contributed by atoms with Crippen LogP contribution in [-0.4, -0.2) is 71.1 Å². The first-order valence-electron chi connectivity index (χ1n) is 20.1. The van der Waals surface area contributed by atoms with Crippen LogP contribution in [-0.2, 0) is 28.7 Å². The van der Waals surface area contributed by atoms with Crippen molar-refractivity contribution in [3.8, 4) is 0 Å². The number of fused-ring (bicyclic) bond motifs is 7. The number of aliphatic carboxylic acids is 1. The van der Waals surface area contributed by atoms with Gasteiger partial charge in [-0.05, 0) is 123 Å². The first-order valence-corrected chi connectivity index (χ1v) is 20.1. The molecule has 1 heterocycles. The molecule has 1 saturated heterocycles. The van der Waals surface area contributed by atoms with E-state index < -0.39 is 29.0 Å². The van der Waals surface area contributed by atoms with Gasteiger partial charge < -0.3 is 24.8 Å². The highest BCUT2D eigenvalue weighted by molar-refractivity contribution is 6.02. The molecule has 6 rings (SSSR count). The van der Waals surface area contributed by atoms with Crippen LogP contribution in [0.2, 0.25) is 0 Å². The molecule has 0 aromatic heterocycles. The monoisotopic (exact) mass is 724 g/mol. The Labute approximate surface area is 310 Å². The van der Waals surface area contributed by atoms with Crippen LogP contribution >= 0.6 is 0 Å². The summed E-state index contributed by atoms with van der Waals surface area (Å²) in [7, 11) is 0. The van der Waals surface area contributed by atoms with E-state index in [0.717, 1.165) is 62.5 Å². The minimum Gasteiger partial charge on any atom is -0.481 e. The fraction of sp³-hybridized carbons (Fsp3) is 0.833. The Bertz CT molecular complexity index is 1550. The third-order valence-corrected chi connectivity index (χ3v) is 15.9. The summed E-state index contributed by atoms with van der Waals surface area (Å²) in [6, 6.07) is 0. The first-order chi connectivity index (χ1) is 24.1. The molecule has 4 saturated carbocycles. The van der Waals surface area contributed by atoms with E-state index in [4.69, 9.17) is 9.47 Å². The first kappa shape index (κ1) is 38.8. The maximum Gasteiger partial charge on any atom is 0.407 e. The van der Waals surface area contributed by atoms with Crippen molar-refractivity contribution in [2.24, 2.45) is 50.7 Å². The molecule has 8 atom stereocenters. The second-order valence-corrected chi connectivity index (χ2v) is 19.7. The number of alkyl carbamates (subject to hydrolysis) is 1. The summed E-state index contributed by atoms with van der Waals surface area (Å²) < 4.78 is 11.8. The third kappa shape index (κ3) is 6.00. The normalized spacial score (nSPS) is 38.3. The Morgan fingerprint density at radius 1 is 0.942 bits per heavy atom. The number of rotatable bonds is 9. The smallest absolute Gasteiger partial charge is 0.407 e. The predicted octanol–water partition coefficient (Wildman–Crippen LogP) is 7.48. The van der Waals surface area contributed by atoms with Crippen molar-refractivity contribution in [1.29, 1.82) is 0 Å². The second-order valence-electron chi connectivity index (χ2n) is 19.7. The van der Waals surface area contributed by atoms with Gasteiger partial charge in [0, 0.05) is 24.8 Å². The number of carboxylic acids is 1. The average molecular weight is 725 g/mol. The van der Waals surface area contributed by atoms with E-state index >= 15 is 0 Å². The standard InChI is InChI=1S/C42H64N2O8/c1-25(2)33-27(45)23-42(43-36(50)51-22-21-44-20-10-11-31(44)46)19-18-40(8)26(34(33)42)12-13-29-39(7)16-15-30(52-32(47)24-37(3,4)35(48)49)38(5,6)28(39)14-17-41(29,40)9/h25-26,28-30H,10-24H2,1-9H3,(H,43,50)(H,48,49)/t26?,28?,29?,30-,39-,40+,41?,42+/m0/s1. The molecule has 0 bridgehead atoms. The number of carbonyl (C=O) groups excluding carboxylic acids is 4. The van der Waals surface area contributed by atoms with Gasteiger partial charge in [0.1, 0.15) is 12.7 Å². The summed E-state index contributed by atoms with van der Waals surface area (Å²) in [5, 5.41) is 12.9. The maximum absolute atomic E-state index is 13.9. The zero-order chi connectivity index (χ0) is 38.2. The summed E-state index contributed by atoms with van der Waals surface area (Å²) in [5.41, 5.74) is -0.188. The molecule has 2 amide bonds. The van der Waals surface area contributed by atoms with Gasteiger partial charge in [-0.1, -0.05) is 48.5 Å². The number of likely N-dealkylation sites (tertiary alicyclic amines) is 1. The van der Waals surface area contributed by atoms with Crippen molar-refractivity contribution in [2.75, 3.05) is 19.7 Å². The number of hydrogen-bond donors (Lipinski definition) is 2. The molecular formula is C42H64N2O8. The molecule has 0 radical (unpaired) electrons. The zero-order valence-electron chi connectivity index (χ0n) is 33.2. The number of nitrogens with zero attached hydrogens (tertiary/aromatic N) is 1. The molecule has 6 aliphatic rings. The van der Waals surface area contributed by atoms with Crippen LogP contribution in [0, 0.1) is 50.7 Å². The van der Waals surface area contributed by atoms with Crippen LogP contribution in [0.15, 0.2) is 11.1 Å². The van der Waals surface area contributed by atoms with Gasteiger partial charge in [-0.3, -0.25) is 19.2 Å². The van der Waals surface area contributed by atoms with Crippen molar-refractivity contribution < 1.29 is 38.6 Å². The molecule has 10 nitrogen and oxygen atoms in total. The minimum absolute atomic E-state index is 0.00192. The topological polar surface area (TPSA) is 139 Å². The summed E-state index contributed by atoms with van der Waals surface area (Å²) >= 11 is 0. The van der Waals surface area contributed by atoms with E-state index in [1.807, 2.05) is 0 Å². The lowest BCUT2D eigenvalue weighted by Gasteiger charge is -2.72. The van der Waals surface area contributed by atoms with Gasteiger partial charge in [-0.15, -0.1) is 0 Å². The Balaban J connectivity index is 1.23. The van der Waals surface area contributed by atoms with Crippen molar-refractivity contribution in [3.05, 3.63) is 11.1 Å². The van der Waals surface area contributed by atoms with Crippen molar-refractivity contribution in [3.63, 3.8) is 0 Å². The quantitative estimate of drug-likeness (QED) is 0.234. The minimum atomic E-state index is -1.18. The van der Waals surface area contributed by atoms with Crippen LogP contribution in [0.25, 0.3) is 0 Å². The lowest BCUT2D eigenvalue weighted by molar-refractivity contribution is -0.232. The molecule has 5 aliphatic carbocycles. The van der Waals surface area contributed by atoms with Crippen molar-refractivity contribution in [2.45, 2.75) is 151 Å². The van der Waals surface area contributed by atoms with Gasteiger partial charge in [-0.25, -0.2) is 4.79 Å². The molecule has 2 N–H and O–H groups in total. The van der Waals surface area contributed by atoms with Gasteiger partial charge in [0.05, 0.1) is 23.9 Å². The highest BCUT2D eigenvalue weighted by Crippen LogP contribution is 2.76. The summed E-state index contributed by atoms with van der Waals surface area (Å²) in [5.74, 6) is -0.204. The molecule has 0 aromatic rings. The summed E-state index contributed by atoms with van der Waals surface area (Å²) in [4.78, 5) is 66.0. The number of allylic oxidation sites excluding steroid dienone is 1. The SMILES string of the molecule is CC(C)C1=C2C3CCC4C(C)(CCC5C(C)(C)[C@@H](OC(=O)CC(C)(C)C(=O)O)CC[C@@]54C)[C@]3(C)CC[C@@]2(NC(=O)OCCN2CCCC2=O)CC1=O. The fourth-order valence-corrected chi connectivity index (χ4v) is 13.0. The number of nitrogens with one attached hydrogen (secondary N) is 1. The van der Waals surface area contributed by atoms with Gasteiger partial charge >= 0.3 is 18.0 Å². The Kier molecular flexibility index (Phi) is 9.80. The van der Waals surface area contributed by atoms with Crippen LogP contribution in [0.3, 0.4) is 0 Å². The lowest BCUT2D eigenvalue weighted by atomic mass is 9.33. The highest BCUT2D eigenvalue weighted by Gasteiger charge is 2.70. The second kappa shape index (κ2) is 13.1. The number of carboxylic acid groups (broad SMARTS) is 1. The molecule has 0 aromatic carbocycles. The fourth-order valence-electron chi connectivity index (χ4n) is 13.0. The Morgan fingerprint density at radius 3 is 2.29 bits per heavy atom.